The van der Waals surface area contributed by atoms with Crippen LogP contribution in [-0.2, 0) is 0 Å². The topological polar surface area (TPSA) is 29.5 Å². The third kappa shape index (κ3) is 2.22. The van der Waals surface area contributed by atoms with Gasteiger partial charge < -0.3 is 9.84 Å². The van der Waals surface area contributed by atoms with Crippen molar-refractivity contribution < 1.29 is 9.84 Å². The van der Waals surface area contributed by atoms with Crippen molar-refractivity contribution in [1.29, 1.82) is 0 Å². The number of rotatable bonds is 3. The third-order valence-corrected chi connectivity index (χ3v) is 2.03. The van der Waals surface area contributed by atoms with E-state index in [1.54, 1.807) is 7.11 Å². The summed E-state index contributed by atoms with van der Waals surface area (Å²) in [6, 6.07) is 5.68. The Morgan fingerprint density at radius 2 is 2.08 bits per heavy atom. The highest BCUT2D eigenvalue weighted by atomic mass is 16.5. The van der Waals surface area contributed by atoms with Crippen LogP contribution in [0.5, 0.6) is 5.75 Å². The van der Waals surface area contributed by atoms with Crippen LogP contribution in [0.3, 0.4) is 0 Å². The van der Waals surface area contributed by atoms with Crippen LogP contribution in [-0.4, -0.2) is 12.2 Å². The van der Waals surface area contributed by atoms with E-state index in [1.165, 1.54) is 0 Å². The van der Waals surface area contributed by atoms with E-state index in [2.05, 4.69) is 13.8 Å². The highest BCUT2D eigenvalue weighted by Gasteiger charge is 2.07. The van der Waals surface area contributed by atoms with Crippen molar-refractivity contribution >= 4 is 0 Å². The number of methoxy groups -OCH3 is 1. The smallest absolute Gasteiger partial charge is 0.122 e. The van der Waals surface area contributed by atoms with Crippen molar-refractivity contribution in [2.24, 2.45) is 0 Å². The average Bonchev–Trinajstić information content (AvgIpc) is 2.16. The zero-order chi connectivity index (χ0) is 9.84. The van der Waals surface area contributed by atoms with Crippen LogP contribution in [0.25, 0.3) is 0 Å². The largest absolute Gasteiger partial charge is 0.496 e. The van der Waals surface area contributed by atoms with Gasteiger partial charge in [-0.3, -0.25) is 0 Å². The number of hydrogen-bond acceptors (Lipinski definition) is 2. The predicted octanol–water partition coefficient (Wildman–Crippen LogP) is 2.70. The van der Waals surface area contributed by atoms with Crippen LogP contribution < -0.4 is 4.74 Å². The lowest BCUT2D eigenvalue weighted by Gasteiger charge is -2.12. The molecular formula is C11H15O2. The molecule has 0 amide bonds. The highest BCUT2D eigenvalue weighted by Crippen LogP contribution is 2.27. The second-order valence-electron chi connectivity index (χ2n) is 3.29. The molecule has 1 aromatic rings. The Balaban J connectivity index is 3.08. The fourth-order valence-corrected chi connectivity index (χ4v) is 1.29. The Hall–Kier alpha value is -1.02. The monoisotopic (exact) mass is 179 g/mol. The van der Waals surface area contributed by atoms with E-state index in [-0.39, 0.29) is 0 Å². The molecule has 0 saturated heterocycles. The number of aliphatic hydroxyl groups excluding tert-OH is 1. The maximum atomic E-state index is 8.81. The number of benzene rings is 1. The summed E-state index contributed by atoms with van der Waals surface area (Å²) >= 11 is 0. The lowest BCUT2D eigenvalue weighted by Crippen LogP contribution is -1.95. The Kier molecular flexibility index (Phi) is 3.32. The summed E-state index contributed by atoms with van der Waals surface area (Å²) in [5.41, 5.74) is 1.93. The molecule has 0 aliphatic heterocycles. The quantitative estimate of drug-likeness (QED) is 0.773. The van der Waals surface area contributed by atoms with Gasteiger partial charge in [0.2, 0.25) is 0 Å². The SMILES string of the molecule is COc1cc([CH]O)ccc1C(C)C. The van der Waals surface area contributed by atoms with Crippen LogP contribution in [0, 0.1) is 6.61 Å². The van der Waals surface area contributed by atoms with Gasteiger partial charge in [-0.15, -0.1) is 0 Å². The molecule has 1 radical (unpaired) electrons. The molecule has 2 nitrogen and oxygen atoms in total. The Morgan fingerprint density at radius 3 is 2.54 bits per heavy atom. The van der Waals surface area contributed by atoms with Crippen molar-refractivity contribution in [2.75, 3.05) is 7.11 Å². The molecule has 1 rings (SSSR count). The second kappa shape index (κ2) is 4.28. The lowest BCUT2D eigenvalue weighted by molar-refractivity contribution is 0.399. The fraction of sp³-hybridized carbons (Fsp3) is 0.364. The molecule has 2 heteroatoms. The number of aliphatic hydroxyl groups is 1. The van der Waals surface area contributed by atoms with Gasteiger partial charge in [0.05, 0.1) is 7.11 Å². The molecule has 0 aliphatic carbocycles. The summed E-state index contributed by atoms with van der Waals surface area (Å²) in [6.45, 7) is 5.30. The summed E-state index contributed by atoms with van der Waals surface area (Å²) in [6.07, 6.45) is 0. The van der Waals surface area contributed by atoms with E-state index in [0.29, 0.717) is 5.92 Å². The molecule has 0 fully saturated rings. The van der Waals surface area contributed by atoms with Crippen molar-refractivity contribution in [3.05, 3.63) is 35.9 Å². The van der Waals surface area contributed by atoms with Gasteiger partial charge in [-0.05, 0) is 23.1 Å². The van der Waals surface area contributed by atoms with Crippen molar-refractivity contribution in [3.63, 3.8) is 0 Å². The number of hydrogen-bond donors (Lipinski definition) is 1. The van der Waals surface area contributed by atoms with Gasteiger partial charge in [0.15, 0.2) is 0 Å². The van der Waals surface area contributed by atoms with Crippen molar-refractivity contribution in [2.45, 2.75) is 19.8 Å². The van der Waals surface area contributed by atoms with Crippen molar-refractivity contribution in [3.8, 4) is 5.75 Å². The zero-order valence-corrected chi connectivity index (χ0v) is 8.24. The van der Waals surface area contributed by atoms with E-state index in [1.807, 2.05) is 18.2 Å². The minimum atomic E-state index is 0.433. The summed E-state index contributed by atoms with van der Waals surface area (Å²) in [5.74, 6) is 1.26. The Labute approximate surface area is 79.2 Å². The van der Waals surface area contributed by atoms with Gasteiger partial charge in [0.25, 0.3) is 0 Å². The highest BCUT2D eigenvalue weighted by molar-refractivity contribution is 5.40. The molecular weight excluding hydrogens is 164 g/mol. The molecule has 1 N–H and O–H groups in total. The van der Waals surface area contributed by atoms with Crippen LogP contribution in [0.2, 0.25) is 0 Å². The Morgan fingerprint density at radius 1 is 1.38 bits per heavy atom. The molecule has 0 unspecified atom stereocenters. The van der Waals surface area contributed by atoms with Gasteiger partial charge in [-0.1, -0.05) is 26.0 Å². The van der Waals surface area contributed by atoms with Crippen LogP contribution >= 0.6 is 0 Å². The normalized spacial score (nSPS) is 10.5. The van der Waals surface area contributed by atoms with Gasteiger partial charge in [-0.25, -0.2) is 0 Å². The maximum Gasteiger partial charge on any atom is 0.122 e. The lowest BCUT2D eigenvalue weighted by atomic mass is 10.0. The third-order valence-electron chi connectivity index (χ3n) is 2.03. The molecule has 0 atom stereocenters. The first-order chi connectivity index (χ1) is 6.19. The molecule has 0 saturated carbocycles. The van der Waals surface area contributed by atoms with Gasteiger partial charge in [0, 0.05) is 0 Å². The molecule has 0 spiro atoms. The predicted molar refractivity (Wildman–Crippen MR) is 52.4 cm³/mol. The van der Waals surface area contributed by atoms with E-state index in [9.17, 15) is 0 Å². The van der Waals surface area contributed by atoms with Gasteiger partial charge in [0.1, 0.15) is 12.4 Å². The standard InChI is InChI=1S/C11H15O2/c1-8(2)10-5-4-9(7-12)6-11(10)13-3/h4-8,12H,1-3H3. The maximum absolute atomic E-state index is 8.81. The molecule has 0 aromatic heterocycles. The van der Waals surface area contributed by atoms with Crippen LogP contribution in [0.15, 0.2) is 18.2 Å². The van der Waals surface area contributed by atoms with E-state index in [0.717, 1.165) is 23.5 Å². The first kappa shape index (κ1) is 10.1. The van der Waals surface area contributed by atoms with E-state index < -0.39 is 0 Å². The first-order valence-corrected chi connectivity index (χ1v) is 4.34. The molecule has 0 heterocycles. The summed E-state index contributed by atoms with van der Waals surface area (Å²) < 4.78 is 5.22. The minimum absolute atomic E-state index is 0.433. The Bertz CT molecular complexity index is 279. The number of ether oxygens (including phenoxy) is 1. The summed E-state index contributed by atoms with van der Waals surface area (Å²) in [4.78, 5) is 0. The molecule has 1 aromatic carbocycles. The van der Waals surface area contributed by atoms with Gasteiger partial charge in [-0.2, -0.15) is 0 Å². The average molecular weight is 179 g/mol. The van der Waals surface area contributed by atoms with Gasteiger partial charge >= 0.3 is 0 Å². The van der Waals surface area contributed by atoms with Crippen LogP contribution in [0.4, 0.5) is 0 Å². The first-order valence-electron chi connectivity index (χ1n) is 4.34. The molecule has 0 bridgehead atoms. The zero-order valence-electron chi connectivity index (χ0n) is 8.24. The van der Waals surface area contributed by atoms with Crippen LogP contribution in [0.1, 0.15) is 30.9 Å². The van der Waals surface area contributed by atoms with E-state index in [4.69, 9.17) is 9.84 Å². The fourth-order valence-electron chi connectivity index (χ4n) is 1.29. The second-order valence-corrected chi connectivity index (χ2v) is 3.29. The molecule has 71 valence electrons. The summed E-state index contributed by atoms with van der Waals surface area (Å²) in [7, 11) is 1.64. The minimum Gasteiger partial charge on any atom is -0.496 e. The molecule has 0 aliphatic rings. The molecule has 13 heavy (non-hydrogen) atoms. The van der Waals surface area contributed by atoms with Crippen molar-refractivity contribution in [1.82, 2.24) is 0 Å². The van der Waals surface area contributed by atoms with E-state index >= 15 is 0 Å². The summed E-state index contributed by atoms with van der Waals surface area (Å²) in [5, 5.41) is 8.81.